The molecule has 0 atom stereocenters. The van der Waals surface area contributed by atoms with E-state index >= 15 is 0 Å². The van der Waals surface area contributed by atoms with Crippen LogP contribution in [0.3, 0.4) is 0 Å². The van der Waals surface area contributed by atoms with E-state index in [1.54, 1.807) is 11.3 Å². The lowest BCUT2D eigenvalue weighted by Crippen LogP contribution is -2.01. The molecule has 6 heteroatoms. The minimum absolute atomic E-state index is 0.640. The van der Waals surface area contributed by atoms with Crippen LogP contribution in [0.25, 0.3) is 131 Å². The van der Waals surface area contributed by atoms with Crippen LogP contribution in [-0.4, -0.2) is 24.1 Å². The van der Waals surface area contributed by atoms with Gasteiger partial charge in [0, 0.05) is 69.8 Å². The summed E-state index contributed by atoms with van der Waals surface area (Å²) in [4.78, 5) is 15.6. The Kier molecular flexibility index (Phi) is 8.38. The highest BCUT2D eigenvalue weighted by Gasteiger charge is 2.23. The molecule has 0 saturated heterocycles. The van der Waals surface area contributed by atoms with Crippen LogP contribution in [0.4, 0.5) is 0 Å². The molecule has 4 aromatic heterocycles. The van der Waals surface area contributed by atoms with Gasteiger partial charge in [0.15, 0.2) is 17.5 Å². The zero-order valence-electron chi connectivity index (χ0n) is 36.0. The largest absolute Gasteiger partial charge is 0.309 e. The van der Waals surface area contributed by atoms with Crippen molar-refractivity contribution < 1.29 is 0 Å². The molecule has 312 valence electrons. The Morgan fingerprint density at radius 3 is 1.63 bits per heavy atom. The number of aromatic nitrogens is 5. The van der Waals surface area contributed by atoms with Gasteiger partial charge in [-0.3, -0.25) is 0 Å². The second-order valence-corrected chi connectivity index (χ2v) is 18.2. The van der Waals surface area contributed by atoms with Crippen LogP contribution in [0, 0.1) is 0 Å². The van der Waals surface area contributed by atoms with Gasteiger partial charge < -0.3 is 9.13 Å². The van der Waals surface area contributed by atoms with E-state index < -0.39 is 0 Å². The molecule has 0 fully saturated rings. The van der Waals surface area contributed by atoms with Gasteiger partial charge in [-0.2, -0.15) is 0 Å². The molecule has 4 heterocycles. The van der Waals surface area contributed by atoms with Crippen molar-refractivity contribution in [2.24, 2.45) is 0 Å². The number of hydrogen-bond acceptors (Lipinski definition) is 4. The molecule has 0 aliphatic rings. The van der Waals surface area contributed by atoms with Crippen LogP contribution in [0.15, 0.2) is 224 Å². The molecule has 0 N–H and O–H groups in total. The van der Waals surface area contributed by atoms with Crippen molar-refractivity contribution >= 4 is 85.9 Å². The summed E-state index contributed by atoms with van der Waals surface area (Å²) in [5.41, 5.74) is 12.0. The molecule has 14 rings (SSSR count). The topological polar surface area (TPSA) is 48.5 Å². The highest BCUT2D eigenvalue weighted by atomic mass is 32.1. The number of fused-ring (bicyclic) bond motifs is 11. The first-order chi connectivity index (χ1) is 33.2. The van der Waals surface area contributed by atoms with Gasteiger partial charge in [0.05, 0.1) is 22.1 Å². The summed E-state index contributed by atoms with van der Waals surface area (Å²) in [6.45, 7) is 0. The van der Waals surface area contributed by atoms with Crippen LogP contribution in [-0.2, 0) is 0 Å². The molecule has 0 aliphatic heterocycles. The Hall–Kier alpha value is -8.71. The Morgan fingerprint density at radius 1 is 0.313 bits per heavy atom. The molecule has 5 nitrogen and oxygen atoms in total. The maximum atomic E-state index is 5.29. The van der Waals surface area contributed by atoms with Gasteiger partial charge in [-0.05, 0) is 82.6 Å². The minimum atomic E-state index is 0.640. The third-order valence-corrected chi connectivity index (χ3v) is 14.6. The van der Waals surface area contributed by atoms with Gasteiger partial charge in [-0.15, -0.1) is 11.3 Å². The third-order valence-electron chi connectivity index (χ3n) is 13.3. The number of nitrogens with zero attached hydrogens (tertiary/aromatic N) is 5. The molecular weight excluding hydrogens is 835 g/mol. The van der Waals surface area contributed by atoms with E-state index in [0.29, 0.717) is 17.5 Å². The average molecular weight is 872 g/mol. The predicted molar refractivity (Wildman–Crippen MR) is 281 cm³/mol. The maximum absolute atomic E-state index is 5.29. The zero-order valence-corrected chi connectivity index (χ0v) is 36.8. The van der Waals surface area contributed by atoms with E-state index in [1.165, 1.54) is 70.0 Å². The Balaban J connectivity index is 1.05. The fraction of sp³-hybridized carbons (Fsp3) is 0. The lowest BCUT2D eigenvalue weighted by molar-refractivity contribution is 1.07. The van der Waals surface area contributed by atoms with Crippen molar-refractivity contribution in [2.75, 3.05) is 0 Å². The molecule has 10 aromatic carbocycles. The lowest BCUT2D eigenvalue weighted by Gasteiger charge is -2.14. The van der Waals surface area contributed by atoms with Crippen LogP contribution < -0.4 is 0 Å². The smallest absolute Gasteiger partial charge is 0.165 e. The summed E-state index contributed by atoms with van der Waals surface area (Å²) in [6, 6.07) is 80.5. The first kappa shape index (κ1) is 37.6. The van der Waals surface area contributed by atoms with Crippen molar-refractivity contribution in [2.45, 2.75) is 0 Å². The number of hydrogen-bond donors (Lipinski definition) is 0. The highest BCUT2D eigenvalue weighted by Crippen LogP contribution is 2.45. The molecule has 0 bridgehead atoms. The molecule has 0 radical (unpaired) electrons. The van der Waals surface area contributed by atoms with Crippen molar-refractivity contribution in [3.8, 4) is 56.7 Å². The summed E-state index contributed by atoms with van der Waals surface area (Å²) in [7, 11) is 0. The van der Waals surface area contributed by atoms with Gasteiger partial charge in [0.2, 0.25) is 0 Å². The quantitative estimate of drug-likeness (QED) is 0.167. The first-order valence-electron chi connectivity index (χ1n) is 22.6. The average Bonchev–Trinajstić information content (AvgIpc) is 4.06. The summed E-state index contributed by atoms with van der Waals surface area (Å²) < 4.78 is 7.25. The van der Waals surface area contributed by atoms with E-state index in [1.807, 2.05) is 36.4 Å². The van der Waals surface area contributed by atoms with Crippen LogP contribution in [0.2, 0.25) is 0 Å². The van der Waals surface area contributed by atoms with E-state index in [0.717, 1.165) is 43.8 Å². The number of rotatable bonds is 6. The SMILES string of the molecule is c1ccc(-c2ccc3c(c2)c2ccccc2n3-c2ccc3c(c2)c2c4ccccc4ccc2n3-c2cc(-c3nc(-c4ccccc4)nc(-c4ccccc4)n3)c3sc4ccccc4c3c2)cc1. The van der Waals surface area contributed by atoms with E-state index in [-0.39, 0.29) is 0 Å². The molecule has 0 amide bonds. The van der Waals surface area contributed by atoms with Gasteiger partial charge in [-0.1, -0.05) is 164 Å². The van der Waals surface area contributed by atoms with Crippen LogP contribution >= 0.6 is 11.3 Å². The zero-order chi connectivity index (χ0) is 44.0. The summed E-state index contributed by atoms with van der Waals surface area (Å²) >= 11 is 1.79. The second kappa shape index (κ2) is 14.9. The van der Waals surface area contributed by atoms with Gasteiger partial charge in [0.25, 0.3) is 0 Å². The monoisotopic (exact) mass is 871 g/mol. The Labute approximate surface area is 389 Å². The highest BCUT2D eigenvalue weighted by molar-refractivity contribution is 7.26. The molecule has 67 heavy (non-hydrogen) atoms. The summed E-state index contributed by atoms with van der Waals surface area (Å²) in [6.07, 6.45) is 0. The van der Waals surface area contributed by atoms with Crippen molar-refractivity contribution in [3.05, 3.63) is 224 Å². The van der Waals surface area contributed by atoms with Crippen molar-refractivity contribution in [3.63, 3.8) is 0 Å². The summed E-state index contributed by atoms with van der Waals surface area (Å²) in [5.74, 6) is 1.92. The van der Waals surface area contributed by atoms with Gasteiger partial charge in [0.1, 0.15) is 0 Å². The van der Waals surface area contributed by atoms with Crippen molar-refractivity contribution in [1.82, 2.24) is 24.1 Å². The van der Waals surface area contributed by atoms with Gasteiger partial charge in [-0.25, -0.2) is 15.0 Å². The Morgan fingerprint density at radius 2 is 0.866 bits per heavy atom. The lowest BCUT2D eigenvalue weighted by atomic mass is 10.0. The van der Waals surface area contributed by atoms with E-state index in [2.05, 4.69) is 197 Å². The molecule has 0 saturated carbocycles. The molecule has 0 spiro atoms. The molecule has 0 aliphatic carbocycles. The summed E-state index contributed by atoms with van der Waals surface area (Å²) in [5, 5.41) is 9.68. The molecule has 14 aromatic rings. The maximum Gasteiger partial charge on any atom is 0.165 e. The van der Waals surface area contributed by atoms with Crippen LogP contribution in [0.5, 0.6) is 0 Å². The minimum Gasteiger partial charge on any atom is -0.309 e. The van der Waals surface area contributed by atoms with Crippen LogP contribution in [0.1, 0.15) is 0 Å². The normalized spacial score (nSPS) is 11.9. The standard InChI is InChI=1S/C61H37N5S/c1-4-16-38(17-5-1)42-29-31-53-48(34-42)46-24-12-14-26-52(46)65(53)43-30-33-54-50(35-43)57-45-23-11-10-18-39(45)28-32-55(57)66(54)44-36-49-47-25-13-15-27-56(47)67-58(49)51(37-44)61-63-59(40-19-6-2-7-20-40)62-60(64-61)41-21-8-3-9-22-41/h1-37H. The fourth-order valence-corrected chi connectivity index (χ4v) is 11.5. The van der Waals surface area contributed by atoms with Gasteiger partial charge >= 0.3 is 0 Å². The number of thiophene rings is 1. The van der Waals surface area contributed by atoms with E-state index in [4.69, 9.17) is 15.0 Å². The van der Waals surface area contributed by atoms with Crippen molar-refractivity contribution in [1.29, 1.82) is 0 Å². The third kappa shape index (κ3) is 5.97. The Bertz CT molecular complexity index is 4210. The molecular formula is C61H37N5S. The van der Waals surface area contributed by atoms with E-state index in [9.17, 15) is 0 Å². The fourth-order valence-electron chi connectivity index (χ4n) is 10.3. The second-order valence-electron chi connectivity index (χ2n) is 17.2. The predicted octanol–water partition coefficient (Wildman–Crippen LogP) is 16.3. The first-order valence-corrected chi connectivity index (χ1v) is 23.4. The molecule has 0 unspecified atom stereocenters. The number of benzene rings is 10. The number of para-hydroxylation sites is 1.